The van der Waals surface area contributed by atoms with Gasteiger partial charge in [0.2, 0.25) is 11.7 Å². The summed E-state index contributed by atoms with van der Waals surface area (Å²) in [5, 5.41) is 11.0. The Morgan fingerprint density at radius 1 is 1.59 bits per heavy atom. The molecule has 0 amide bonds. The lowest BCUT2D eigenvalue weighted by Gasteiger charge is -1.90. The Hall–Kier alpha value is -1.14. The van der Waals surface area contributed by atoms with Gasteiger partial charge in [-0.25, -0.2) is 9.78 Å². The molecule has 1 fully saturated rings. The van der Waals surface area contributed by atoms with Crippen molar-refractivity contribution in [2.24, 2.45) is 0 Å². The van der Waals surface area contributed by atoms with E-state index in [-0.39, 0.29) is 11.7 Å². The Balaban J connectivity index is 2.10. The minimum Gasteiger partial charge on any atom is -0.475 e. The third kappa shape index (κ3) is 1.91. The van der Waals surface area contributed by atoms with Gasteiger partial charge in [-0.15, -0.1) is 11.3 Å². The zero-order valence-corrected chi connectivity index (χ0v) is 11.0. The van der Waals surface area contributed by atoms with Crippen LogP contribution in [0.15, 0.2) is 20.3 Å². The number of thiophene rings is 1. The molecule has 1 aliphatic carbocycles. The fourth-order valence-corrected chi connectivity index (χ4v) is 3.13. The second-order valence-corrected chi connectivity index (χ2v) is 5.68. The number of aromatic nitrogens is 1. The summed E-state index contributed by atoms with van der Waals surface area (Å²) in [5.41, 5.74) is 0.591. The van der Waals surface area contributed by atoms with Gasteiger partial charge < -0.3 is 9.52 Å². The highest BCUT2D eigenvalue weighted by molar-refractivity contribution is 9.10. The Bertz CT molecular complexity index is 585. The average Bonchev–Trinajstić information content (AvgIpc) is 2.88. The van der Waals surface area contributed by atoms with Crippen molar-refractivity contribution in [1.82, 2.24) is 4.98 Å². The number of hydrogen-bond acceptors (Lipinski definition) is 4. The van der Waals surface area contributed by atoms with Crippen LogP contribution >= 0.6 is 27.3 Å². The van der Waals surface area contributed by atoms with Crippen LogP contribution in [-0.2, 0) is 0 Å². The van der Waals surface area contributed by atoms with E-state index in [1.807, 2.05) is 11.4 Å². The van der Waals surface area contributed by atoms with E-state index < -0.39 is 5.97 Å². The van der Waals surface area contributed by atoms with Crippen LogP contribution in [0, 0.1) is 0 Å². The quantitative estimate of drug-likeness (QED) is 0.937. The highest BCUT2D eigenvalue weighted by Crippen LogP contribution is 2.43. The van der Waals surface area contributed by atoms with Crippen molar-refractivity contribution in [1.29, 1.82) is 0 Å². The Morgan fingerprint density at radius 2 is 2.35 bits per heavy atom. The van der Waals surface area contributed by atoms with Crippen LogP contribution in [-0.4, -0.2) is 16.1 Å². The zero-order chi connectivity index (χ0) is 12.0. The van der Waals surface area contributed by atoms with E-state index >= 15 is 0 Å². The highest BCUT2D eigenvalue weighted by Gasteiger charge is 2.34. The number of aromatic carboxylic acids is 1. The lowest BCUT2D eigenvalue weighted by Crippen LogP contribution is -1.98. The molecule has 2 aromatic rings. The molecule has 17 heavy (non-hydrogen) atoms. The molecule has 1 aliphatic rings. The van der Waals surface area contributed by atoms with Gasteiger partial charge in [0.1, 0.15) is 4.88 Å². The predicted octanol–water partition coefficient (Wildman–Crippen LogP) is 3.74. The van der Waals surface area contributed by atoms with Gasteiger partial charge in [-0.2, -0.15) is 0 Å². The maximum Gasteiger partial charge on any atom is 0.373 e. The van der Waals surface area contributed by atoms with Crippen LogP contribution in [0.1, 0.15) is 35.0 Å². The second kappa shape index (κ2) is 3.96. The fourth-order valence-electron chi connectivity index (χ4n) is 1.66. The summed E-state index contributed by atoms with van der Waals surface area (Å²) in [4.78, 5) is 16.2. The first kappa shape index (κ1) is 11.0. The molecule has 1 saturated carbocycles. The molecule has 0 unspecified atom stereocenters. The number of rotatable bonds is 3. The lowest BCUT2D eigenvalue weighted by atomic mass is 10.2. The molecular weight excluding hydrogens is 306 g/mol. The average molecular weight is 314 g/mol. The summed E-state index contributed by atoms with van der Waals surface area (Å²) < 4.78 is 6.25. The number of hydrogen-bond donors (Lipinski definition) is 1. The predicted molar refractivity (Wildman–Crippen MR) is 66.5 cm³/mol. The molecule has 0 saturated heterocycles. The summed E-state index contributed by atoms with van der Waals surface area (Å²) in [5.74, 6) is -0.398. The van der Waals surface area contributed by atoms with Crippen molar-refractivity contribution in [3.8, 4) is 10.8 Å². The van der Waals surface area contributed by atoms with Crippen LogP contribution in [0.5, 0.6) is 0 Å². The summed E-state index contributed by atoms with van der Waals surface area (Å²) in [6, 6.07) is 1.89. The van der Waals surface area contributed by atoms with Gasteiger partial charge in [-0.05, 0) is 40.2 Å². The Labute approximate surface area is 109 Å². The van der Waals surface area contributed by atoms with Crippen LogP contribution in [0.4, 0.5) is 0 Å². The zero-order valence-electron chi connectivity index (χ0n) is 8.64. The molecule has 88 valence electrons. The minimum absolute atomic E-state index is 0.0113. The van der Waals surface area contributed by atoms with Crippen LogP contribution in [0.3, 0.4) is 0 Å². The molecule has 6 heteroatoms. The number of carboxylic acids is 1. The standard InChI is InChI=1S/C11H8BrNO3S/c12-6-3-4-17-9(6)10-13-7(5-1-2-5)8(16-10)11(14)15/h3-5H,1-2H2,(H,14,15). The van der Waals surface area contributed by atoms with Crippen molar-refractivity contribution >= 4 is 33.2 Å². The van der Waals surface area contributed by atoms with Crippen LogP contribution in [0.2, 0.25) is 0 Å². The minimum atomic E-state index is -1.04. The Kier molecular flexibility index (Phi) is 2.56. The molecule has 0 aliphatic heterocycles. The molecule has 0 bridgehead atoms. The van der Waals surface area contributed by atoms with Crippen molar-refractivity contribution in [3.05, 3.63) is 27.4 Å². The van der Waals surface area contributed by atoms with E-state index in [4.69, 9.17) is 9.52 Å². The third-order valence-electron chi connectivity index (χ3n) is 2.62. The summed E-state index contributed by atoms with van der Waals surface area (Å²) in [6.07, 6.45) is 2.00. The molecule has 4 nitrogen and oxygen atoms in total. The van der Waals surface area contributed by atoms with E-state index in [2.05, 4.69) is 20.9 Å². The largest absolute Gasteiger partial charge is 0.475 e. The number of oxazole rings is 1. The van der Waals surface area contributed by atoms with Crippen molar-refractivity contribution < 1.29 is 14.3 Å². The lowest BCUT2D eigenvalue weighted by molar-refractivity contribution is 0.0661. The van der Waals surface area contributed by atoms with Gasteiger partial charge in [0.25, 0.3) is 0 Å². The smallest absolute Gasteiger partial charge is 0.373 e. The van der Waals surface area contributed by atoms with Crippen LogP contribution < -0.4 is 0 Å². The van der Waals surface area contributed by atoms with Gasteiger partial charge in [0, 0.05) is 10.4 Å². The molecule has 1 N–H and O–H groups in total. The van der Waals surface area contributed by atoms with Gasteiger partial charge in [0.15, 0.2) is 0 Å². The van der Waals surface area contributed by atoms with Gasteiger partial charge in [-0.1, -0.05) is 0 Å². The topological polar surface area (TPSA) is 63.3 Å². The first-order valence-corrected chi connectivity index (χ1v) is 6.81. The van der Waals surface area contributed by atoms with Crippen molar-refractivity contribution in [2.45, 2.75) is 18.8 Å². The van der Waals surface area contributed by atoms with E-state index in [0.29, 0.717) is 11.6 Å². The molecule has 0 atom stereocenters. The maximum atomic E-state index is 11.1. The molecule has 0 aromatic carbocycles. The van der Waals surface area contributed by atoms with Crippen molar-refractivity contribution in [2.75, 3.05) is 0 Å². The second-order valence-electron chi connectivity index (χ2n) is 3.91. The van der Waals surface area contributed by atoms with E-state index in [9.17, 15) is 4.79 Å². The molecule has 3 rings (SSSR count). The number of halogens is 1. The third-order valence-corrected chi connectivity index (χ3v) is 4.45. The summed E-state index contributed by atoms with van der Waals surface area (Å²) in [7, 11) is 0. The first-order valence-electron chi connectivity index (χ1n) is 5.14. The van der Waals surface area contributed by atoms with E-state index in [1.54, 1.807) is 0 Å². The SMILES string of the molecule is O=C(O)c1oc(-c2sccc2Br)nc1C1CC1. The summed E-state index contributed by atoms with van der Waals surface area (Å²) in [6.45, 7) is 0. The molecule has 0 spiro atoms. The first-order chi connectivity index (χ1) is 8.16. The number of carboxylic acid groups (broad SMARTS) is 1. The van der Waals surface area contributed by atoms with Gasteiger partial charge in [-0.3, -0.25) is 0 Å². The van der Waals surface area contributed by atoms with Crippen molar-refractivity contribution in [3.63, 3.8) is 0 Å². The molecule has 2 heterocycles. The number of carbonyl (C=O) groups is 1. The highest BCUT2D eigenvalue weighted by atomic mass is 79.9. The monoisotopic (exact) mass is 313 g/mol. The van der Waals surface area contributed by atoms with Crippen LogP contribution in [0.25, 0.3) is 10.8 Å². The summed E-state index contributed by atoms with van der Waals surface area (Å²) >= 11 is 4.86. The molecule has 2 aromatic heterocycles. The van der Waals surface area contributed by atoms with Gasteiger partial charge in [0.05, 0.1) is 5.69 Å². The van der Waals surface area contributed by atoms with E-state index in [0.717, 1.165) is 22.2 Å². The molecule has 0 radical (unpaired) electrons. The fraction of sp³-hybridized carbons (Fsp3) is 0.273. The van der Waals surface area contributed by atoms with E-state index in [1.165, 1.54) is 11.3 Å². The van der Waals surface area contributed by atoms with Gasteiger partial charge >= 0.3 is 5.97 Å². The number of nitrogens with zero attached hydrogens (tertiary/aromatic N) is 1. The normalized spacial score (nSPS) is 15.1. The maximum absolute atomic E-state index is 11.1. The molecular formula is C11H8BrNO3S. The Morgan fingerprint density at radius 3 is 2.88 bits per heavy atom.